The van der Waals surface area contributed by atoms with E-state index in [0.29, 0.717) is 25.4 Å². The van der Waals surface area contributed by atoms with E-state index in [0.717, 1.165) is 63.4 Å². The molecule has 0 aliphatic carbocycles. The molecule has 2 rings (SSSR count). The van der Waals surface area contributed by atoms with Crippen LogP contribution in [-0.4, -0.2) is 57.9 Å². The molecule has 2 heterocycles. The molecule has 6 heteroatoms. The molecule has 1 saturated heterocycles. The van der Waals surface area contributed by atoms with Gasteiger partial charge in [-0.1, -0.05) is 110 Å². The van der Waals surface area contributed by atoms with Crippen molar-refractivity contribution in [1.82, 2.24) is 0 Å². The predicted molar refractivity (Wildman–Crippen MR) is 167 cm³/mol. The number of hydrogen-bond donors (Lipinski definition) is 3. The number of rotatable bonds is 26. The number of esters is 1. The number of unbranched alkanes of at least 4 members (excludes halogenated alkanes) is 14. The van der Waals surface area contributed by atoms with Crippen molar-refractivity contribution in [1.29, 1.82) is 0 Å². The molecular weight excluding hydrogens is 516 g/mol. The molecule has 1 fully saturated rings. The van der Waals surface area contributed by atoms with Gasteiger partial charge in [-0.15, -0.1) is 0 Å². The number of carbonyl (C=O) groups excluding carboxylic acids is 1. The largest absolute Gasteiger partial charge is 0.455 e. The van der Waals surface area contributed by atoms with Crippen molar-refractivity contribution in [3.8, 4) is 0 Å². The molecule has 41 heavy (non-hydrogen) atoms. The lowest BCUT2D eigenvalue weighted by atomic mass is 9.98. The molecule has 0 aromatic heterocycles. The first-order chi connectivity index (χ1) is 19.9. The van der Waals surface area contributed by atoms with Crippen molar-refractivity contribution in [2.45, 2.75) is 205 Å². The number of ether oxygens (including phenoxy) is 2. The zero-order valence-electron chi connectivity index (χ0n) is 26.6. The van der Waals surface area contributed by atoms with Gasteiger partial charge in [-0.25, -0.2) is 4.79 Å². The lowest BCUT2D eigenvalue weighted by Crippen LogP contribution is -2.27. The van der Waals surface area contributed by atoms with Crippen molar-refractivity contribution >= 4 is 5.97 Å². The lowest BCUT2D eigenvalue weighted by molar-refractivity contribution is -0.139. The van der Waals surface area contributed by atoms with Crippen LogP contribution in [0.4, 0.5) is 0 Å². The van der Waals surface area contributed by atoms with Gasteiger partial charge in [-0.3, -0.25) is 0 Å². The number of carbonyl (C=O) groups is 1. The highest BCUT2D eigenvalue weighted by atomic mass is 16.5. The highest BCUT2D eigenvalue weighted by molar-refractivity contribution is 5.90. The second kappa shape index (κ2) is 22.6. The fourth-order valence-electron chi connectivity index (χ4n) is 6.38. The Morgan fingerprint density at radius 2 is 1.27 bits per heavy atom. The van der Waals surface area contributed by atoms with Crippen LogP contribution in [0, 0.1) is 0 Å². The number of aliphatic hydroxyl groups is 3. The van der Waals surface area contributed by atoms with Crippen molar-refractivity contribution in [3.63, 3.8) is 0 Å². The minimum Gasteiger partial charge on any atom is -0.455 e. The molecule has 2 aliphatic rings. The van der Waals surface area contributed by atoms with Crippen molar-refractivity contribution in [2.75, 3.05) is 0 Å². The average molecular weight is 581 g/mol. The Labute approximate surface area is 251 Å². The first-order valence-electron chi connectivity index (χ1n) is 17.5. The fraction of sp³-hybridized carbons (Fsp3) is 0.914. The van der Waals surface area contributed by atoms with Crippen molar-refractivity contribution in [2.24, 2.45) is 0 Å². The van der Waals surface area contributed by atoms with Gasteiger partial charge >= 0.3 is 5.97 Å². The monoisotopic (exact) mass is 580 g/mol. The third-order valence-corrected chi connectivity index (χ3v) is 9.08. The summed E-state index contributed by atoms with van der Waals surface area (Å²) in [4.78, 5) is 11.6. The van der Waals surface area contributed by atoms with Crippen LogP contribution < -0.4 is 0 Å². The summed E-state index contributed by atoms with van der Waals surface area (Å²) in [6, 6.07) is 0. The topological polar surface area (TPSA) is 96.2 Å². The molecule has 240 valence electrons. The van der Waals surface area contributed by atoms with Gasteiger partial charge in [-0.2, -0.15) is 0 Å². The Hall–Kier alpha value is -0.950. The van der Waals surface area contributed by atoms with Crippen LogP contribution in [0.5, 0.6) is 0 Å². The molecule has 3 N–H and O–H groups in total. The van der Waals surface area contributed by atoms with Gasteiger partial charge in [0, 0.05) is 5.57 Å². The third kappa shape index (κ3) is 16.5. The molecule has 0 aromatic carbocycles. The minimum atomic E-state index is -0.644. The summed E-state index contributed by atoms with van der Waals surface area (Å²) in [6.45, 7) is 4.11. The molecule has 6 atom stereocenters. The third-order valence-electron chi connectivity index (χ3n) is 9.08. The van der Waals surface area contributed by atoms with Gasteiger partial charge < -0.3 is 24.8 Å². The molecule has 0 bridgehead atoms. The van der Waals surface area contributed by atoms with Crippen molar-refractivity contribution in [3.05, 3.63) is 11.6 Å². The molecule has 0 aromatic rings. The van der Waals surface area contributed by atoms with E-state index in [1.807, 2.05) is 13.0 Å². The maximum Gasteiger partial charge on any atom is 0.334 e. The van der Waals surface area contributed by atoms with Crippen LogP contribution in [-0.2, 0) is 14.3 Å². The molecule has 0 radical (unpaired) electrons. The average Bonchev–Trinajstić information content (AvgIpc) is 3.56. The van der Waals surface area contributed by atoms with Gasteiger partial charge in [-0.05, 0) is 64.4 Å². The molecule has 0 spiro atoms. The Kier molecular flexibility index (Phi) is 20.0. The quantitative estimate of drug-likeness (QED) is 0.0707. The molecule has 2 aliphatic heterocycles. The van der Waals surface area contributed by atoms with E-state index in [4.69, 9.17) is 9.47 Å². The van der Waals surface area contributed by atoms with E-state index in [1.165, 1.54) is 77.0 Å². The number of cyclic esters (lactones) is 1. The zero-order chi connectivity index (χ0) is 29.7. The summed E-state index contributed by atoms with van der Waals surface area (Å²) in [5.74, 6) is -0.116. The Balaban J connectivity index is 1.36. The maximum absolute atomic E-state index is 11.6. The highest BCUT2D eigenvalue weighted by Crippen LogP contribution is 2.28. The van der Waals surface area contributed by atoms with Gasteiger partial charge in [0.15, 0.2) is 0 Å². The normalized spacial score (nSPS) is 23.0. The van der Waals surface area contributed by atoms with E-state index in [2.05, 4.69) is 6.92 Å². The van der Waals surface area contributed by atoms with Crippen LogP contribution in [0.2, 0.25) is 0 Å². The van der Waals surface area contributed by atoms with Crippen LogP contribution in [0.3, 0.4) is 0 Å². The van der Waals surface area contributed by atoms with E-state index in [-0.39, 0.29) is 18.2 Å². The maximum atomic E-state index is 11.6. The summed E-state index contributed by atoms with van der Waals surface area (Å²) >= 11 is 0. The van der Waals surface area contributed by atoms with E-state index >= 15 is 0 Å². The summed E-state index contributed by atoms with van der Waals surface area (Å²) in [5.41, 5.74) is 0.871. The predicted octanol–water partition coefficient (Wildman–Crippen LogP) is 8.09. The van der Waals surface area contributed by atoms with Crippen LogP contribution in [0.1, 0.15) is 168 Å². The van der Waals surface area contributed by atoms with E-state index < -0.39 is 18.3 Å². The number of hydrogen-bond acceptors (Lipinski definition) is 6. The fourth-order valence-corrected chi connectivity index (χ4v) is 6.38. The highest BCUT2D eigenvalue weighted by Gasteiger charge is 2.30. The molecule has 6 unspecified atom stereocenters. The minimum absolute atomic E-state index is 0.0362. The van der Waals surface area contributed by atoms with Gasteiger partial charge in [0.1, 0.15) is 6.10 Å². The summed E-state index contributed by atoms with van der Waals surface area (Å²) in [6.07, 6.45) is 26.5. The standard InChI is InChI=1S/C35H64O6/c1-3-4-5-12-17-22-31(36)32(37)23-18-19-24-33(38)34-26-25-30(41-34)21-16-14-11-9-7-6-8-10-13-15-20-29-27-28(2)40-35(29)39/h27-28,30-34,36-38H,3-26H2,1-2H3. The second-order valence-electron chi connectivity index (χ2n) is 12.9. The van der Waals surface area contributed by atoms with Crippen molar-refractivity contribution < 1.29 is 29.6 Å². The smallest absolute Gasteiger partial charge is 0.334 e. The Morgan fingerprint density at radius 1 is 0.732 bits per heavy atom. The lowest BCUT2D eigenvalue weighted by Gasteiger charge is -2.20. The van der Waals surface area contributed by atoms with Gasteiger partial charge in [0.25, 0.3) is 0 Å². The first-order valence-corrected chi connectivity index (χ1v) is 17.5. The zero-order valence-corrected chi connectivity index (χ0v) is 26.6. The molecule has 0 saturated carbocycles. The molecule has 6 nitrogen and oxygen atoms in total. The summed E-state index contributed by atoms with van der Waals surface area (Å²) in [5, 5.41) is 31.0. The van der Waals surface area contributed by atoms with Crippen LogP contribution in [0.15, 0.2) is 11.6 Å². The molecular formula is C35H64O6. The summed E-state index contributed by atoms with van der Waals surface area (Å²) in [7, 11) is 0. The van der Waals surface area contributed by atoms with Crippen LogP contribution >= 0.6 is 0 Å². The number of aliphatic hydroxyl groups excluding tert-OH is 3. The van der Waals surface area contributed by atoms with Gasteiger partial charge in [0.05, 0.1) is 30.5 Å². The Bertz CT molecular complexity index is 694. The van der Waals surface area contributed by atoms with Gasteiger partial charge in [0.2, 0.25) is 0 Å². The van der Waals surface area contributed by atoms with Crippen LogP contribution in [0.25, 0.3) is 0 Å². The van der Waals surface area contributed by atoms with E-state index in [1.54, 1.807) is 0 Å². The summed E-state index contributed by atoms with van der Waals surface area (Å²) < 4.78 is 11.3. The second-order valence-corrected chi connectivity index (χ2v) is 12.9. The van der Waals surface area contributed by atoms with E-state index in [9.17, 15) is 20.1 Å². The molecule has 0 amide bonds. The SMILES string of the molecule is CCCCCCCC(O)C(O)CCCCC(O)C1CCC(CCCCCCCCCCCCC2=CC(C)OC2=O)O1. The first kappa shape index (κ1) is 36.2. The Morgan fingerprint density at radius 3 is 1.88 bits per heavy atom.